The molecule has 1 aromatic rings. The summed E-state index contributed by atoms with van der Waals surface area (Å²) in [6.45, 7) is 0.0331. The number of alkyl halides is 3. The molecule has 4 nitrogen and oxygen atoms in total. The molecule has 1 aliphatic rings. The van der Waals surface area contributed by atoms with Crippen molar-refractivity contribution in [2.24, 2.45) is 11.7 Å². The van der Waals surface area contributed by atoms with Crippen molar-refractivity contribution in [2.75, 3.05) is 0 Å². The number of hydrogen-bond donors (Lipinski definition) is 2. The van der Waals surface area contributed by atoms with Gasteiger partial charge in [-0.15, -0.1) is 11.3 Å². The number of halogens is 3. The van der Waals surface area contributed by atoms with Crippen LogP contribution in [0.2, 0.25) is 0 Å². The third kappa shape index (κ3) is 3.66. The Morgan fingerprint density at radius 1 is 1.53 bits per heavy atom. The molecule has 1 aliphatic carbocycles. The van der Waals surface area contributed by atoms with Crippen molar-refractivity contribution in [3.8, 4) is 0 Å². The molecule has 0 spiro atoms. The van der Waals surface area contributed by atoms with Crippen molar-refractivity contribution in [1.29, 1.82) is 0 Å². The van der Waals surface area contributed by atoms with Crippen molar-refractivity contribution in [3.05, 3.63) is 16.1 Å². The van der Waals surface area contributed by atoms with Crippen molar-refractivity contribution in [3.63, 3.8) is 0 Å². The molecule has 3 N–H and O–H groups in total. The van der Waals surface area contributed by atoms with Gasteiger partial charge in [0.25, 0.3) is 0 Å². The lowest BCUT2D eigenvalue weighted by molar-refractivity contribution is -0.140. The van der Waals surface area contributed by atoms with E-state index in [1.807, 2.05) is 0 Å². The summed E-state index contributed by atoms with van der Waals surface area (Å²) in [5, 5.41) is 3.82. The Balaban J connectivity index is 1.85. The molecule has 0 bridgehead atoms. The number of rotatable bonds is 3. The van der Waals surface area contributed by atoms with E-state index in [0.717, 1.165) is 29.6 Å². The minimum Gasteiger partial charge on any atom is -0.349 e. The van der Waals surface area contributed by atoms with Crippen LogP contribution in [0.3, 0.4) is 0 Å². The molecule has 0 aliphatic heterocycles. The highest BCUT2D eigenvalue weighted by atomic mass is 32.1. The zero-order valence-corrected chi connectivity index (χ0v) is 10.9. The van der Waals surface area contributed by atoms with E-state index in [0.29, 0.717) is 6.42 Å². The van der Waals surface area contributed by atoms with Crippen LogP contribution in [0.25, 0.3) is 0 Å². The molecule has 1 saturated carbocycles. The summed E-state index contributed by atoms with van der Waals surface area (Å²) in [4.78, 5) is 15.2. The summed E-state index contributed by atoms with van der Waals surface area (Å²) in [5.41, 5.74) is 4.79. The van der Waals surface area contributed by atoms with E-state index < -0.39 is 11.9 Å². The van der Waals surface area contributed by atoms with E-state index in [-0.39, 0.29) is 29.4 Å². The third-order valence-electron chi connectivity index (χ3n) is 3.10. The topological polar surface area (TPSA) is 68.0 Å². The van der Waals surface area contributed by atoms with E-state index in [4.69, 9.17) is 5.73 Å². The number of nitrogens with two attached hydrogens (primary N) is 1. The van der Waals surface area contributed by atoms with Gasteiger partial charge in [0.2, 0.25) is 5.91 Å². The summed E-state index contributed by atoms with van der Waals surface area (Å²) in [7, 11) is 0. The summed E-state index contributed by atoms with van der Waals surface area (Å²) < 4.78 is 37.0. The first-order valence-electron chi connectivity index (χ1n) is 5.91. The van der Waals surface area contributed by atoms with Crippen molar-refractivity contribution < 1.29 is 18.0 Å². The molecule has 1 heterocycles. The van der Waals surface area contributed by atoms with Crippen LogP contribution in [0.4, 0.5) is 13.2 Å². The van der Waals surface area contributed by atoms with Gasteiger partial charge in [-0.3, -0.25) is 4.79 Å². The lowest BCUT2D eigenvalue weighted by Crippen LogP contribution is -2.30. The molecule has 2 rings (SSSR count). The monoisotopic (exact) mass is 293 g/mol. The second-order valence-corrected chi connectivity index (χ2v) is 5.55. The van der Waals surface area contributed by atoms with Crippen LogP contribution in [-0.4, -0.2) is 16.9 Å². The normalized spacial score (nSPS) is 23.6. The Labute approximate surface area is 112 Å². The van der Waals surface area contributed by atoms with E-state index >= 15 is 0 Å². The fourth-order valence-corrected chi connectivity index (χ4v) is 2.82. The van der Waals surface area contributed by atoms with Gasteiger partial charge >= 0.3 is 6.18 Å². The summed E-state index contributed by atoms with van der Waals surface area (Å²) >= 11 is 0.891. The van der Waals surface area contributed by atoms with Crippen molar-refractivity contribution in [1.82, 2.24) is 10.3 Å². The maximum atomic E-state index is 12.3. The smallest absolute Gasteiger partial charge is 0.349 e. The number of nitrogens with zero attached hydrogens (tertiary/aromatic N) is 1. The summed E-state index contributed by atoms with van der Waals surface area (Å²) in [5.74, 6) is -0.284. The van der Waals surface area contributed by atoms with E-state index in [1.165, 1.54) is 0 Å². The largest absolute Gasteiger partial charge is 0.434 e. The molecule has 19 heavy (non-hydrogen) atoms. The van der Waals surface area contributed by atoms with Gasteiger partial charge in [0.1, 0.15) is 5.01 Å². The van der Waals surface area contributed by atoms with E-state index in [1.54, 1.807) is 0 Å². The maximum Gasteiger partial charge on any atom is 0.434 e. The molecule has 106 valence electrons. The Morgan fingerprint density at radius 3 is 2.79 bits per heavy atom. The average Bonchev–Trinajstić information content (AvgIpc) is 2.93. The number of carbonyl (C=O) groups is 1. The van der Waals surface area contributed by atoms with Gasteiger partial charge < -0.3 is 11.1 Å². The fourth-order valence-electron chi connectivity index (χ4n) is 2.08. The van der Waals surface area contributed by atoms with E-state index in [2.05, 4.69) is 10.3 Å². The molecule has 1 aromatic heterocycles. The molecule has 0 radical (unpaired) electrons. The second kappa shape index (κ2) is 5.46. The molecular formula is C11H14F3N3OS. The molecule has 8 heteroatoms. The SMILES string of the molecule is NC1CCC(C(=O)NCc2nc(C(F)(F)F)cs2)C1. The lowest BCUT2D eigenvalue weighted by atomic mass is 10.1. The first kappa shape index (κ1) is 14.3. The molecule has 1 fully saturated rings. The average molecular weight is 293 g/mol. The van der Waals surface area contributed by atoms with Crippen molar-refractivity contribution in [2.45, 2.75) is 38.0 Å². The zero-order valence-electron chi connectivity index (χ0n) is 10.0. The lowest BCUT2D eigenvalue weighted by Gasteiger charge is -2.09. The minimum atomic E-state index is -4.43. The van der Waals surface area contributed by atoms with Crippen LogP contribution in [0.5, 0.6) is 0 Å². The highest BCUT2D eigenvalue weighted by Gasteiger charge is 2.34. The zero-order chi connectivity index (χ0) is 14.0. The molecule has 0 aromatic carbocycles. The highest BCUT2D eigenvalue weighted by molar-refractivity contribution is 7.09. The summed E-state index contributed by atoms with van der Waals surface area (Å²) in [6.07, 6.45) is -2.25. The predicted molar refractivity (Wildman–Crippen MR) is 64.3 cm³/mol. The van der Waals surface area contributed by atoms with Gasteiger partial charge in [-0.1, -0.05) is 0 Å². The second-order valence-electron chi connectivity index (χ2n) is 4.61. The Hall–Kier alpha value is -1.15. The van der Waals surface area contributed by atoms with Crippen LogP contribution < -0.4 is 11.1 Å². The molecule has 0 saturated heterocycles. The Bertz CT molecular complexity index is 460. The number of amides is 1. The molecule has 1 amide bonds. The van der Waals surface area contributed by atoms with Gasteiger partial charge in [-0.25, -0.2) is 4.98 Å². The quantitative estimate of drug-likeness (QED) is 0.894. The summed E-state index contributed by atoms with van der Waals surface area (Å²) in [6, 6.07) is 0.0486. The Kier molecular flexibility index (Phi) is 4.10. The number of aromatic nitrogens is 1. The number of carbonyl (C=O) groups excluding carboxylic acids is 1. The third-order valence-corrected chi connectivity index (χ3v) is 3.95. The number of thiazole rings is 1. The maximum absolute atomic E-state index is 12.3. The molecule has 2 unspecified atom stereocenters. The van der Waals surface area contributed by atoms with Gasteiger partial charge in [0.15, 0.2) is 5.69 Å². The number of hydrogen-bond acceptors (Lipinski definition) is 4. The minimum absolute atomic E-state index is 0.0331. The predicted octanol–water partition coefficient (Wildman–Crippen LogP) is 1.91. The van der Waals surface area contributed by atoms with Gasteiger partial charge in [0, 0.05) is 17.3 Å². The Morgan fingerprint density at radius 2 is 2.26 bits per heavy atom. The molecular weight excluding hydrogens is 279 g/mol. The van der Waals surface area contributed by atoms with Crippen LogP contribution in [0.1, 0.15) is 30.0 Å². The van der Waals surface area contributed by atoms with Crippen LogP contribution >= 0.6 is 11.3 Å². The van der Waals surface area contributed by atoms with Crippen LogP contribution in [0, 0.1) is 5.92 Å². The van der Waals surface area contributed by atoms with E-state index in [9.17, 15) is 18.0 Å². The highest BCUT2D eigenvalue weighted by Crippen LogP contribution is 2.30. The van der Waals surface area contributed by atoms with Crippen LogP contribution in [0.15, 0.2) is 5.38 Å². The van der Waals surface area contributed by atoms with Crippen LogP contribution in [-0.2, 0) is 17.5 Å². The first-order chi connectivity index (χ1) is 8.86. The number of nitrogens with one attached hydrogen (secondary N) is 1. The van der Waals surface area contributed by atoms with Gasteiger partial charge in [-0.2, -0.15) is 13.2 Å². The van der Waals surface area contributed by atoms with Gasteiger partial charge in [-0.05, 0) is 19.3 Å². The first-order valence-corrected chi connectivity index (χ1v) is 6.79. The van der Waals surface area contributed by atoms with Gasteiger partial charge in [0.05, 0.1) is 6.54 Å². The standard InChI is InChI=1S/C11H14F3N3OS/c12-11(13,14)8-5-19-9(17-8)4-16-10(18)6-1-2-7(15)3-6/h5-7H,1-4,15H2,(H,16,18). The molecule has 2 atom stereocenters. The fraction of sp³-hybridized carbons (Fsp3) is 0.636. The van der Waals surface area contributed by atoms with Crippen molar-refractivity contribution >= 4 is 17.2 Å².